The summed E-state index contributed by atoms with van der Waals surface area (Å²) in [6.07, 6.45) is -2.06. The largest absolute Gasteiger partial charge is 0.433 e. The zero-order valence-electron chi connectivity index (χ0n) is 15.2. The standard InChI is InChI=1S/C16H20F3N5O3S/c1-11-9-13(16(17,18)19)24-14(21-11)10-12(22-24)15(25)20-5-8-28(26,27)23-6-3-2-4-7-23/h9-10H,2-8H2,1H3,(H,20,25). The minimum Gasteiger partial charge on any atom is -0.350 e. The number of halogens is 3. The second-order valence-electron chi connectivity index (χ2n) is 6.61. The zero-order chi connectivity index (χ0) is 20.5. The van der Waals surface area contributed by atoms with Gasteiger partial charge < -0.3 is 5.32 Å². The Hall–Kier alpha value is -2.21. The summed E-state index contributed by atoms with van der Waals surface area (Å²) >= 11 is 0. The van der Waals surface area contributed by atoms with Gasteiger partial charge in [0.2, 0.25) is 10.0 Å². The highest BCUT2D eigenvalue weighted by atomic mass is 32.2. The van der Waals surface area contributed by atoms with Crippen molar-refractivity contribution < 1.29 is 26.4 Å². The second-order valence-corrected chi connectivity index (χ2v) is 8.70. The lowest BCUT2D eigenvalue weighted by Gasteiger charge is -2.25. The van der Waals surface area contributed by atoms with E-state index in [0.29, 0.717) is 17.6 Å². The van der Waals surface area contributed by atoms with Crippen molar-refractivity contribution in [3.63, 3.8) is 0 Å². The molecule has 2 aromatic heterocycles. The summed E-state index contributed by atoms with van der Waals surface area (Å²) in [6, 6.07) is 1.98. The number of amides is 1. The fourth-order valence-corrected chi connectivity index (χ4v) is 4.50. The van der Waals surface area contributed by atoms with E-state index in [1.165, 1.54) is 11.2 Å². The van der Waals surface area contributed by atoms with Gasteiger partial charge >= 0.3 is 6.18 Å². The number of piperidine rings is 1. The molecule has 0 atom stereocenters. The number of aryl methyl sites for hydroxylation is 1. The molecule has 0 unspecified atom stereocenters. The van der Waals surface area contributed by atoms with Gasteiger partial charge in [-0.25, -0.2) is 22.2 Å². The van der Waals surface area contributed by atoms with Gasteiger partial charge in [-0.1, -0.05) is 6.42 Å². The first kappa shape index (κ1) is 20.5. The van der Waals surface area contributed by atoms with Crippen LogP contribution in [0.1, 0.15) is 41.1 Å². The van der Waals surface area contributed by atoms with Crippen LogP contribution < -0.4 is 5.32 Å². The van der Waals surface area contributed by atoms with Crippen LogP contribution in [-0.4, -0.2) is 58.6 Å². The number of hydrogen-bond donors (Lipinski definition) is 1. The van der Waals surface area contributed by atoms with Crippen LogP contribution in [0.5, 0.6) is 0 Å². The highest BCUT2D eigenvalue weighted by molar-refractivity contribution is 7.89. The summed E-state index contributed by atoms with van der Waals surface area (Å²) in [7, 11) is -3.49. The fraction of sp³-hybridized carbons (Fsp3) is 0.562. The molecule has 3 rings (SSSR count). The molecule has 1 aliphatic rings. The molecule has 28 heavy (non-hydrogen) atoms. The van der Waals surface area contributed by atoms with Gasteiger partial charge in [0.15, 0.2) is 11.3 Å². The molecule has 1 aliphatic heterocycles. The quantitative estimate of drug-likeness (QED) is 0.794. The summed E-state index contributed by atoms with van der Waals surface area (Å²) in [5.41, 5.74) is -1.28. The summed E-state index contributed by atoms with van der Waals surface area (Å²) in [6.45, 7) is 2.18. The van der Waals surface area contributed by atoms with Crippen LogP contribution in [0.25, 0.3) is 5.65 Å². The number of alkyl halides is 3. The van der Waals surface area contributed by atoms with Crippen molar-refractivity contribution in [2.75, 3.05) is 25.4 Å². The summed E-state index contributed by atoms with van der Waals surface area (Å²) in [5, 5.41) is 6.09. The molecule has 0 aromatic carbocycles. The number of rotatable bonds is 5. The van der Waals surface area contributed by atoms with Gasteiger partial charge in [0, 0.05) is 31.4 Å². The van der Waals surface area contributed by atoms with Crippen molar-refractivity contribution in [1.29, 1.82) is 0 Å². The third-order valence-electron chi connectivity index (χ3n) is 4.43. The lowest BCUT2D eigenvalue weighted by atomic mass is 10.2. The Balaban J connectivity index is 1.70. The molecule has 8 nitrogen and oxygen atoms in total. The lowest BCUT2D eigenvalue weighted by Crippen LogP contribution is -2.40. The van der Waals surface area contributed by atoms with E-state index < -0.39 is 27.8 Å². The van der Waals surface area contributed by atoms with Gasteiger partial charge in [0.25, 0.3) is 5.91 Å². The van der Waals surface area contributed by atoms with Crippen LogP contribution in [0.4, 0.5) is 13.2 Å². The normalized spacial score (nSPS) is 16.4. The van der Waals surface area contributed by atoms with Crippen molar-refractivity contribution in [3.05, 3.63) is 29.2 Å². The Labute approximate surface area is 159 Å². The molecule has 0 spiro atoms. The predicted octanol–water partition coefficient (Wildman–Crippen LogP) is 1.60. The Bertz CT molecular complexity index is 981. The van der Waals surface area contributed by atoms with E-state index in [9.17, 15) is 26.4 Å². The number of sulfonamides is 1. The zero-order valence-corrected chi connectivity index (χ0v) is 16.0. The molecule has 12 heteroatoms. The maximum absolute atomic E-state index is 13.2. The summed E-state index contributed by atoms with van der Waals surface area (Å²) < 4.78 is 65.9. The molecule has 2 aromatic rings. The highest BCUT2D eigenvalue weighted by Crippen LogP contribution is 2.29. The van der Waals surface area contributed by atoms with Gasteiger partial charge in [-0.05, 0) is 25.8 Å². The van der Waals surface area contributed by atoms with E-state index in [2.05, 4.69) is 15.4 Å². The molecule has 0 aliphatic carbocycles. The van der Waals surface area contributed by atoms with Gasteiger partial charge in [-0.3, -0.25) is 4.79 Å². The molecular weight excluding hydrogens is 399 g/mol. The molecular formula is C16H20F3N5O3S. The van der Waals surface area contributed by atoms with Crippen LogP contribution in [0, 0.1) is 6.92 Å². The third-order valence-corrected chi connectivity index (χ3v) is 6.30. The van der Waals surface area contributed by atoms with Crippen molar-refractivity contribution >= 4 is 21.6 Å². The van der Waals surface area contributed by atoms with Gasteiger partial charge in [-0.15, -0.1) is 0 Å². The topological polar surface area (TPSA) is 96.7 Å². The van der Waals surface area contributed by atoms with Crippen molar-refractivity contribution in [3.8, 4) is 0 Å². The average molecular weight is 419 g/mol. The van der Waals surface area contributed by atoms with E-state index in [4.69, 9.17) is 0 Å². The maximum Gasteiger partial charge on any atom is 0.433 e. The maximum atomic E-state index is 13.2. The molecule has 1 amide bonds. The molecule has 3 heterocycles. The SMILES string of the molecule is Cc1cc(C(F)(F)F)n2nc(C(=O)NCCS(=O)(=O)N3CCCCC3)cc2n1. The van der Waals surface area contributed by atoms with E-state index in [1.54, 1.807) is 0 Å². The number of carbonyl (C=O) groups excluding carboxylic acids is 1. The van der Waals surface area contributed by atoms with Crippen LogP contribution >= 0.6 is 0 Å². The number of carbonyl (C=O) groups is 1. The highest BCUT2D eigenvalue weighted by Gasteiger charge is 2.35. The Kier molecular flexibility index (Phi) is 5.62. The molecule has 1 fully saturated rings. The number of fused-ring (bicyclic) bond motifs is 1. The number of aromatic nitrogens is 3. The molecule has 154 valence electrons. The molecule has 1 N–H and O–H groups in total. The van der Waals surface area contributed by atoms with Crippen molar-refractivity contribution in [2.45, 2.75) is 32.4 Å². The predicted molar refractivity (Wildman–Crippen MR) is 94.3 cm³/mol. The fourth-order valence-electron chi connectivity index (χ4n) is 3.07. The average Bonchev–Trinajstić information content (AvgIpc) is 3.04. The second kappa shape index (κ2) is 7.66. The van der Waals surface area contributed by atoms with Crippen molar-refractivity contribution in [2.24, 2.45) is 0 Å². The smallest absolute Gasteiger partial charge is 0.350 e. The molecule has 0 bridgehead atoms. The van der Waals surface area contributed by atoms with Gasteiger partial charge in [-0.2, -0.15) is 18.3 Å². The lowest BCUT2D eigenvalue weighted by molar-refractivity contribution is -0.142. The first-order chi connectivity index (χ1) is 13.1. The van der Waals surface area contributed by atoms with Crippen LogP contribution in [0.3, 0.4) is 0 Å². The first-order valence-corrected chi connectivity index (χ1v) is 10.4. The van der Waals surface area contributed by atoms with Gasteiger partial charge in [0.05, 0.1) is 5.75 Å². The van der Waals surface area contributed by atoms with Crippen LogP contribution in [0.2, 0.25) is 0 Å². The first-order valence-electron chi connectivity index (χ1n) is 8.78. The Morgan fingerprint density at radius 1 is 1.21 bits per heavy atom. The molecule has 0 radical (unpaired) electrons. The summed E-state index contributed by atoms with van der Waals surface area (Å²) in [5.74, 6) is -1.04. The van der Waals surface area contributed by atoms with E-state index >= 15 is 0 Å². The number of nitrogens with zero attached hydrogens (tertiary/aromatic N) is 4. The van der Waals surface area contributed by atoms with Gasteiger partial charge in [0.1, 0.15) is 5.69 Å². The van der Waals surface area contributed by atoms with Crippen LogP contribution in [-0.2, 0) is 16.2 Å². The molecule has 1 saturated heterocycles. The monoisotopic (exact) mass is 419 g/mol. The summed E-state index contributed by atoms with van der Waals surface area (Å²) in [4.78, 5) is 16.2. The Morgan fingerprint density at radius 2 is 1.89 bits per heavy atom. The third kappa shape index (κ3) is 4.43. The van der Waals surface area contributed by atoms with Crippen LogP contribution in [0.15, 0.2) is 12.1 Å². The minimum atomic E-state index is -4.66. The van der Waals surface area contributed by atoms with E-state index in [0.717, 1.165) is 31.4 Å². The minimum absolute atomic E-state index is 0.113. The van der Waals surface area contributed by atoms with Crippen molar-refractivity contribution in [1.82, 2.24) is 24.2 Å². The van der Waals surface area contributed by atoms with E-state index in [-0.39, 0.29) is 29.3 Å². The Morgan fingerprint density at radius 3 is 2.54 bits per heavy atom. The van der Waals surface area contributed by atoms with E-state index in [1.807, 2.05) is 0 Å². The number of hydrogen-bond acceptors (Lipinski definition) is 5. The molecule has 0 saturated carbocycles. The number of nitrogens with one attached hydrogen (secondary N) is 1.